The van der Waals surface area contributed by atoms with E-state index in [0.29, 0.717) is 19.4 Å². The van der Waals surface area contributed by atoms with Crippen molar-refractivity contribution < 1.29 is 24.5 Å². The molecule has 6 nitrogen and oxygen atoms in total. The number of aliphatic hydroxyl groups excluding tert-OH is 2. The Morgan fingerprint density at radius 3 is 1.26 bits per heavy atom. The van der Waals surface area contributed by atoms with Gasteiger partial charge in [-0.25, -0.2) is 0 Å². The summed E-state index contributed by atoms with van der Waals surface area (Å²) in [5.41, 5.74) is 0. The highest BCUT2D eigenvalue weighted by Gasteiger charge is 2.18. The summed E-state index contributed by atoms with van der Waals surface area (Å²) in [6.07, 6.45) is 63.0. The second kappa shape index (κ2) is 51.7. The molecule has 0 saturated carbocycles. The van der Waals surface area contributed by atoms with Crippen LogP contribution in [0, 0.1) is 0 Å². The van der Waals surface area contributed by atoms with Crippen LogP contribution in [0.15, 0.2) is 36.5 Å². The van der Waals surface area contributed by atoms with Crippen molar-refractivity contribution in [3.63, 3.8) is 0 Å². The van der Waals surface area contributed by atoms with Gasteiger partial charge in [-0.3, -0.25) is 9.59 Å². The molecular formula is C56H105NO5. The molecule has 2 atom stereocenters. The van der Waals surface area contributed by atoms with Crippen molar-refractivity contribution in [2.45, 2.75) is 296 Å². The van der Waals surface area contributed by atoms with Gasteiger partial charge >= 0.3 is 5.97 Å². The Labute approximate surface area is 385 Å². The van der Waals surface area contributed by atoms with E-state index < -0.39 is 12.1 Å². The van der Waals surface area contributed by atoms with E-state index in [-0.39, 0.29) is 18.5 Å². The van der Waals surface area contributed by atoms with E-state index in [1.54, 1.807) is 6.08 Å². The first kappa shape index (κ1) is 60.1. The Morgan fingerprint density at radius 2 is 0.806 bits per heavy atom. The average Bonchev–Trinajstić information content (AvgIpc) is 3.27. The van der Waals surface area contributed by atoms with Crippen molar-refractivity contribution in [2.75, 3.05) is 13.2 Å². The van der Waals surface area contributed by atoms with Crippen molar-refractivity contribution in [1.82, 2.24) is 5.32 Å². The first-order valence-corrected chi connectivity index (χ1v) is 27.3. The van der Waals surface area contributed by atoms with E-state index in [0.717, 1.165) is 51.4 Å². The van der Waals surface area contributed by atoms with Gasteiger partial charge in [0.25, 0.3) is 0 Å². The second-order valence-electron chi connectivity index (χ2n) is 18.6. The zero-order valence-corrected chi connectivity index (χ0v) is 41.4. The second-order valence-corrected chi connectivity index (χ2v) is 18.6. The van der Waals surface area contributed by atoms with Gasteiger partial charge in [0.05, 0.1) is 25.4 Å². The first-order valence-electron chi connectivity index (χ1n) is 27.3. The molecule has 364 valence electrons. The molecule has 1 amide bonds. The van der Waals surface area contributed by atoms with Gasteiger partial charge in [0.2, 0.25) is 5.91 Å². The maximum absolute atomic E-state index is 12.4. The first-order chi connectivity index (χ1) is 30.5. The number of esters is 1. The summed E-state index contributed by atoms with van der Waals surface area (Å²) in [4.78, 5) is 24.4. The molecule has 0 heterocycles. The quantitative estimate of drug-likeness (QED) is 0.0321. The fraction of sp³-hybridized carbons (Fsp3) is 0.857. The summed E-state index contributed by atoms with van der Waals surface area (Å²) in [6.45, 7) is 4.84. The van der Waals surface area contributed by atoms with Gasteiger partial charge in [-0.1, -0.05) is 243 Å². The predicted octanol–water partition coefficient (Wildman–Crippen LogP) is 16.5. The molecule has 3 N–H and O–H groups in total. The van der Waals surface area contributed by atoms with Crippen LogP contribution in [0.2, 0.25) is 0 Å². The number of ether oxygens (including phenoxy) is 1. The van der Waals surface area contributed by atoms with Crippen molar-refractivity contribution in [2.24, 2.45) is 0 Å². The fourth-order valence-corrected chi connectivity index (χ4v) is 8.19. The van der Waals surface area contributed by atoms with Gasteiger partial charge in [-0.2, -0.15) is 0 Å². The van der Waals surface area contributed by atoms with Crippen LogP contribution in [0.5, 0.6) is 0 Å². The monoisotopic (exact) mass is 872 g/mol. The highest BCUT2D eigenvalue weighted by atomic mass is 16.5. The number of hydrogen-bond donors (Lipinski definition) is 3. The molecule has 0 bridgehead atoms. The zero-order chi connectivity index (χ0) is 45.1. The lowest BCUT2D eigenvalue weighted by Gasteiger charge is -2.20. The molecular weight excluding hydrogens is 767 g/mol. The van der Waals surface area contributed by atoms with Gasteiger partial charge in [0.1, 0.15) is 0 Å². The molecule has 0 aliphatic carbocycles. The third-order valence-corrected chi connectivity index (χ3v) is 12.4. The van der Waals surface area contributed by atoms with Crippen molar-refractivity contribution in [3.05, 3.63) is 36.5 Å². The standard InChI is InChI=1S/C56H105NO5/c1-3-5-7-9-11-13-14-15-16-20-24-27-30-34-38-42-46-50-56(61)62-51-47-43-39-35-31-28-25-22-19-17-18-21-23-26-29-33-37-41-45-49-55(60)57-53(52-58)54(59)48-44-40-36-32-12-10-8-6-4-2/h11,13,15-16,44,48,53-54,58-59H,3-10,12,14,17-43,45-47,49-52H2,1-2H3,(H,57,60)/b13-11-,16-15-,48-44+. The van der Waals surface area contributed by atoms with Gasteiger partial charge in [-0.05, 0) is 64.2 Å². The van der Waals surface area contributed by atoms with Crippen molar-refractivity contribution in [1.29, 1.82) is 0 Å². The molecule has 2 unspecified atom stereocenters. The van der Waals surface area contributed by atoms with Crippen LogP contribution >= 0.6 is 0 Å². The normalized spacial score (nSPS) is 12.9. The van der Waals surface area contributed by atoms with Crippen molar-refractivity contribution in [3.8, 4) is 0 Å². The summed E-state index contributed by atoms with van der Waals surface area (Å²) < 4.78 is 5.48. The van der Waals surface area contributed by atoms with E-state index in [4.69, 9.17) is 4.74 Å². The molecule has 0 aromatic rings. The molecule has 0 aromatic heterocycles. The minimum atomic E-state index is -0.844. The van der Waals surface area contributed by atoms with E-state index in [1.807, 2.05) is 6.08 Å². The van der Waals surface area contributed by atoms with E-state index >= 15 is 0 Å². The number of amides is 1. The van der Waals surface area contributed by atoms with Crippen LogP contribution in [0.4, 0.5) is 0 Å². The molecule has 0 fully saturated rings. The molecule has 0 radical (unpaired) electrons. The van der Waals surface area contributed by atoms with Crippen LogP contribution in [-0.4, -0.2) is 47.4 Å². The Hall–Kier alpha value is -1.92. The molecule has 0 aliphatic heterocycles. The minimum Gasteiger partial charge on any atom is -0.466 e. The summed E-state index contributed by atoms with van der Waals surface area (Å²) in [5.74, 6) is -0.0742. The zero-order valence-electron chi connectivity index (χ0n) is 41.4. The molecule has 0 saturated heterocycles. The Morgan fingerprint density at radius 1 is 0.452 bits per heavy atom. The molecule has 62 heavy (non-hydrogen) atoms. The lowest BCUT2D eigenvalue weighted by Crippen LogP contribution is -2.45. The Bertz CT molecular complexity index is 1010. The summed E-state index contributed by atoms with van der Waals surface area (Å²) >= 11 is 0. The van der Waals surface area contributed by atoms with Gasteiger partial charge in [-0.15, -0.1) is 0 Å². The SMILES string of the molecule is CCCCC/C=C\C/C=C\CCCCCCCCCC(=O)OCCCCCCCCCCCCCCCCCCCCCC(=O)NC(CO)C(O)/C=C/CCCCCCCCC. The lowest BCUT2D eigenvalue weighted by molar-refractivity contribution is -0.143. The fourth-order valence-electron chi connectivity index (χ4n) is 8.19. The largest absolute Gasteiger partial charge is 0.466 e. The minimum absolute atomic E-state index is 0.000125. The van der Waals surface area contributed by atoms with Crippen LogP contribution in [-0.2, 0) is 14.3 Å². The Balaban J connectivity index is 3.39. The number of nitrogens with one attached hydrogen (secondary N) is 1. The van der Waals surface area contributed by atoms with Gasteiger partial charge in [0, 0.05) is 12.8 Å². The van der Waals surface area contributed by atoms with Crippen LogP contribution in [0.25, 0.3) is 0 Å². The molecule has 0 aliphatic rings. The number of rotatable bonds is 50. The van der Waals surface area contributed by atoms with Crippen molar-refractivity contribution >= 4 is 11.9 Å². The van der Waals surface area contributed by atoms with E-state index in [2.05, 4.69) is 43.5 Å². The van der Waals surface area contributed by atoms with E-state index in [1.165, 1.54) is 205 Å². The Kier molecular flexibility index (Phi) is 50.1. The van der Waals surface area contributed by atoms with Crippen LogP contribution in [0.1, 0.15) is 284 Å². The third-order valence-electron chi connectivity index (χ3n) is 12.4. The number of carbonyl (C=O) groups is 2. The molecule has 0 rings (SSSR count). The van der Waals surface area contributed by atoms with Crippen LogP contribution in [0.3, 0.4) is 0 Å². The van der Waals surface area contributed by atoms with E-state index in [9.17, 15) is 19.8 Å². The summed E-state index contributed by atoms with van der Waals surface area (Å²) in [6, 6.07) is -0.628. The summed E-state index contributed by atoms with van der Waals surface area (Å²) in [5, 5.41) is 22.9. The topological polar surface area (TPSA) is 95.9 Å². The molecule has 6 heteroatoms. The number of hydrogen-bond acceptors (Lipinski definition) is 5. The highest BCUT2D eigenvalue weighted by molar-refractivity contribution is 5.76. The predicted molar refractivity (Wildman–Crippen MR) is 269 cm³/mol. The number of unbranched alkanes of at least 4 members (excludes halogenated alkanes) is 35. The smallest absolute Gasteiger partial charge is 0.305 e. The van der Waals surface area contributed by atoms with Gasteiger partial charge in [0.15, 0.2) is 0 Å². The number of carbonyl (C=O) groups excluding carboxylic acids is 2. The maximum Gasteiger partial charge on any atom is 0.305 e. The highest BCUT2D eigenvalue weighted by Crippen LogP contribution is 2.16. The maximum atomic E-state index is 12.4. The number of aliphatic hydroxyl groups is 2. The lowest BCUT2D eigenvalue weighted by atomic mass is 10.0. The molecule has 0 spiro atoms. The number of allylic oxidation sites excluding steroid dienone is 5. The third kappa shape index (κ3) is 47.6. The molecule has 0 aromatic carbocycles. The van der Waals surface area contributed by atoms with Gasteiger partial charge < -0.3 is 20.3 Å². The average molecular weight is 872 g/mol. The van der Waals surface area contributed by atoms with Crippen LogP contribution < -0.4 is 5.32 Å². The summed E-state index contributed by atoms with van der Waals surface area (Å²) in [7, 11) is 0.